The Labute approximate surface area is 179 Å². The van der Waals surface area contributed by atoms with Gasteiger partial charge in [-0.15, -0.1) is 0 Å². The molecule has 5 atom stereocenters. The maximum absolute atomic E-state index is 13.1. The molecule has 3 aliphatic carbocycles. The summed E-state index contributed by atoms with van der Waals surface area (Å²) in [5.74, 6) is -3.86. The topological polar surface area (TPSA) is 142 Å². The highest BCUT2D eigenvalue weighted by Crippen LogP contribution is 2.78. The molecule has 30 heavy (non-hydrogen) atoms. The van der Waals surface area contributed by atoms with E-state index in [1.54, 1.807) is 20.8 Å². The van der Waals surface area contributed by atoms with Gasteiger partial charge in [-0.25, -0.2) is 9.59 Å². The van der Waals surface area contributed by atoms with Crippen LogP contribution in [0.3, 0.4) is 0 Å². The van der Waals surface area contributed by atoms with Crippen molar-refractivity contribution >= 4 is 35.7 Å². The van der Waals surface area contributed by atoms with E-state index in [0.29, 0.717) is 12.2 Å². The summed E-state index contributed by atoms with van der Waals surface area (Å²) in [4.78, 5) is 49.2. The second kappa shape index (κ2) is 7.62. The third-order valence-electron chi connectivity index (χ3n) is 6.45. The van der Waals surface area contributed by atoms with Crippen LogP contribution in [0.25, 0.3) is 0 Å². The van der Waals surface area contributed by atoms with Gasteiger partial charge in [0.15, 0.2) is 0 Å². The van der Waals surface area contributed by atoms with Gasteiger partial charge < -0.3 is 25.6 Å². The van der Waals surface area contributed by atoms with Gasteiger partial charge in [0.2, 0.25) is 5.91 Å². The summed E-state index contributed by atoms with van der Waals surface area (Å²) in [7, 11) is 0. The molecule has 1 spiro atoms. The van der Waals surface area contributed by atoms with Gasteiger partial charge in [-0.2, -0.15) is 11.8 Å². The van der Waals surface area contributed by atoms with E-state index in [4.69, 9.17) is 4.74 Å². The van der Waals surface area contributed by atoms with Gasteiger partial charge in [0.25, 0.3) is 0 Å². The Bertz CT molecular complexity index is 761. The third-order valence-corrected chi connectivity index (χ3v) is 7.09. The van der Waals surface area contributed by atoms with Crippen molar-refractivity contribution in [1.29, 1.82) is 0 Å². The van der Waals surface area contributed by atoms with Crippen LogP contribution in [-0.2, 0) is 19.1 Å². The van der Waals surface area contributed by atoms with Crippen LogP contribution < -0.4 is 10.6 Å². The fourth-order valence-corrected chi connectivity index (χ4v) is 5.59. The predicted octanol–water partition coefficient (Wildman–Crippen LogP) is 1.70. The lowest BCUT2D eigenvalue weighted by molar-refractivity contribution is -0.150. The van der Waals surface area contributed by atoms with Crippen molar-refractivity contribution in [2.75, 3.05) is 12.0 Å². The molecule has 3 saturated carbocycles. The minimum absolute atomic E-state index is 0.213. The van der Waals surface area contributed by atoms with Crippen LogP contribution in [0.15, 0.2) is 0 Å². The number of rotatable bonds is 8. The number of alkyl carbamates (subject to hydrolysis) is 1. The number of fused-ring (bicyclic) bond motifs is 2. The number of carbonyl (C=O) groups is 4. The van der Waals surface area contributed by atoms with Crippen LogP contribution in [0.5, 0.6) is 0 Å². The first kappa shape index (κ1) is 22.7. The highest BCUT2D eigenvalue weighted by Gasteiger charge is 2.82. The van der Waals surface area contributed by atoms with Crippen LogP contribution in [0.1, 0.15) is 46.5 Å². The number of carbonyl (C=O) groups excluding carboxylic acids is 2. The zero-order valence-corrected chi connectivity index (χ0v) is 18.5. The van der Waals surface area contributed by atoms with Crippen molar-refractivity contribution in [1.82, 2.24) is 10.6 Å². The zero-order chi connectivity index (χ0) is 22.5. The van der Waals surface area contributed by atoms with Crippen molar-refractivity contribution in [3.05, 3.63) is 0 Å². The summed E-state index contributed by atoms with van der Waals surface area (Å²) in [5, 5.41) is 24.8. The molecule has 0 bridgehead atoms. The molecule has 0 saturated heterocycles. The Morgan fingerprint density at radius 3 is 2.27 bits per heavy atom. The van der Waals surface area contributed by atoms with E-state index in [2.05, 4.69) is 10.6 Å². The fraction of sp³-hybridized carbons (Fsp3) is 0.800. The molecule has 9 nitrogen and oxygen atoms in total. The predicted molar refractivity (Wildman–Crippen MR) is 109 cm³/mol. The molecule has 2 amide bonds. The van der Waals surface area contributed by atoms with Gasteiger partial charge in [-0.1, -0.05) is 0 Å². The Morgan fingerprint density at radius 2 is 1.80 bits per heavy atom. The number of carboxylic acids is 2. The first-order chi connectivity index (χ1) is 13.9. The number of nitrogens with one attached hydrogen (secondary N) is 2. The molecule has 168 valence electrons. The zero-order valence-electron chi connectivity index (χ0n) is 17.7. The fourth-order valence-electron chi connectivity index (χ4n) is 5.12. The molecule has 0 aromatic heterocycles. The molecule has 0 aromatic rings. The number of carboxylic acid groups (broad SMARTS) is 2. The smallest absolute Gasteiger partial charge is 0.408 e. The first-order valence-corrected chi connectivity index (χ1v) is 11.5. The molecule has 3 rings (SSSR count). The van der Waals surface area contributed by atoms with E-state index in [0.717, 1.165) is 12.8 Å². The van der Waals surface area contributed by atoms with Gasteiger partial charge in [0, 0.05) is 5.92 Å². The van der Waals surface area contributed by atoms with Crippen LogP contribution in [0, 0.1) is 23.2 Å². The second-order valence-corrected chi connectivity index (χ2v) is 10.7. The average molecular weight is 443 g/mol. The number of ether oxygens (including phenoxy) is 1. The van der Waals surface area contributed by atoms with Gasteiger partial charge in [0.1, 0.15) is 17.2 Å². The largest absolute Gasteiger partial charge is 0.481 e. The molecule has 3 fully saturated rings. The van der Waals surface area contributed by atoms with Crippen molar-refractivity contribution in [3.8, 4) is 0 Å². The number of amides is 2. The number of hydrogen-bond donors (Lipinski definition) is 4. The summed E-state index contributed by atoms with van der Waals surface area (Å²) in [6, 6.07) is -0.972. The van der Waals surface area contributed by atoms with E-state index < -0.39 is 53.0 Å². The highest BCUT2D eigenvalue weighted by molar-refractivity contribution is 7.98. The maximum Gasteiger partial charge on any atom is 0.408 e. The maximum atomic E-state index is 13.1. The Morgan fingerprint density at radius 1 is 1.17 bits per heavy atom. The standard InChI is InChI=1S/C20H30N2O7S/c1-18(2,3)29-17(28)21-10(5-8-30-4)14(23)22-20(16(26)27)9-19(6-7-19)12-11(13(12)20)15(24)25/h10-13H,5-9H2,1-4H3,(H,21,28)(H,22,23)(H,24,25)(H,26,27)/t10-,11-,12-,13+,20-/m0/s1. The van der Waals surface area contributed by atoms with Crippen molar-refractivity contribution < 1.29 is 34.1 Å². The molecular weight excluding hydrogens is 412 g/mol. The van der Waals surface area contributed by atoms with Crippen LogP contribution in [0.4, 0.5) is 4.79 Å². The Kier molecular flexibility index (Phi) is 5.77. The van der Waals surface area contributed by atoms with Gasteiger partial charge >= 0.3 is 18.0 Å². The van der Waals surface area contributed by atoms with Crippen LogP contribution in [-0.4, -0.2) is 63.3 Å². The number of aliphatic carboxylic acids is 2. The van der Waals surface area contributed by atoms with Gasteiger partial charge in [0.05, 0.1) is 5.92 Å². The molecule has 0 unspecified atom stereocenters. The lowest BCUT2D eigenvalue weighted by atomic mass is 9.84. The minimum Gasteiger partial charge on any atom is -0.481 e. The molecule has 4 N–H and O–H groups in total. The van der Waals surface area contributed by atoms with Crippen LogP contribution >= 0.6 is 11.8 Å². The molecular formula is C20H30N2O7S. The molecule has 3 aliphatic rings. The highest BCUT2D eigenvalue weighted by atomic mass is 32.2. The second-order valence-electron chi connectivity index (χ2n) is 9.70. The third kappa shape index (κ3) is 4.10. The molecule has 0 radical (unpaired) electrons. The van der Waals surface area contributed by atoms with E-state index in [-0.39, 0.29) is 17.8 Å². The van der Waals surface area contributed by atoms with Crippen molar-refractivity contribution in [2.45, 2.75) is 63.6 Å². The van der Waals surface area contributed by atoms with E-state index in [9.17, 15) is 29.4 Å². The van der Waals surface area contributed by atoms with Gasteiger partial charge in [-0.05, 0) is 69.8 Å². The SMILES string of the molecule is CSCC[C@H](NC(=O)OC(C)(C)C)C(=O)N[C@@]1(C(=O)O)CC2(CC2)[C@H]2[C@H](C(=O)O)[C@H]21. The number of thioether (sulfide) groups is 1. The summed E-state index contributed by atoms with van der Waals surface area (Å²) in [5.41, 5.74) is -2.66. The summed E-state index contributed by atoms with van der Waals surface area (Å²) >= 11 is 1.49. The van der Waals surface area contributed by atoms with Crippen LogP contribution in [0.2, 0.25) is 0 Å². The summed E-state index contributed by atoms with van der Waals surface area (Å²) < 4.78 is 5.23. The minimum atomic E-state index is -1.62. The van der Waals surface area contributed by atoms with Crippen molar-refractivity contribution in [2.24, 2.45) is 23.2 Å². The summed E-state index contributed by atoms with van der Waals surface area (Å²) in [6.07, 6.45) is 3.21. The van der Waals surface area contributed by atoms with E-state index in [1.807, 2.05) is 6.26 Å². The molecule has 10 heteroatoms. The van der Waals surface area contributed by atoms with Crippen molar-refractivity contribution in [3.63, 3.8) is 0 Å². The van der Waals surface area contributed by atoms with E-state index in [1.165, 1.54) is 11.8 Å². The normalized spacial score (nSPS) is 31.4. The quantitative estimate of drug-likeness (QED) is 0.445. The lowest BCUT2D eigenvalue weighted by Crippen LogP contribution is -2.61. The summed E-state index contributed by atoms with van der Waals surface area (Å²) in [6.45, 7) is 5.11. The lowest BCUT2D eigenvalue weighted by Gasteiger charge is -2.32. The molecule has 0 heterocycles. The first-order valence-electron chi connectivity index (χ1n) is 10.1. The molecule has 0 aromatic carbocycles. The monoisotopic (exact) mass is 442 g/mol. The number of hydrogen-bond acceptors (Lipinski definition) is 6. The van der Waals surface area contributed by atoms with Gasteiger partial charge in [-0.3, -0.25) is 9.59 Å². The Balaban J connectivity index is 1.78. The average Bonchev–Trinajstić information content (AvgIpc) is 3.48. The van der Waals surface area contributed by atoms with E-state index >= 15 is 0 Å². The molecule has 0 aliphatic heterocycles. The Hall–Kier alpha value is -1.97.